The predicted molar refractivity (Wildman–Crippen MR) is 37.3 cm³/mol. The Morgan fingerprint density at radius 3 is 2.30 bits per heavy atom. The van der Waals surface area contributed by atoms with Crippen molar-refractivity contribution in [1.82, 2.24) is 4.98 Å². The summed E-state index contributed by atoms with van der Waals surface area (Å²) in [7, 11) is 0. The quantitative estimate of drug-likeness (QED) is 0.486. The average Bonchev–Trinajstić information content (AvgIpc) is 1.83. The van der Waals surface area contributed by atoms with Crippen LogP contribution in [0, 0.1) is 26.8 Å². The van der Waals surface area contributed by atoms with E-state index in [9.17, 15) is 0 Å². The smallest absolute Gasteiger partial charge is 0.301 e. The van der Waals surface area contributed by atoms with E-state index in [0.29, 0.717) is 0 Å². The van der Waals surface area contributed by atoms with E-state index in [2.05, 4.69) is 18.0 Å². The first-order chi connectivity index (χ1) is 4.22. The molecule has 0 aliphatic rings. The van der Waals surface area contributed by atoms with Crippen LogP contribution in [0.1, 0.15) is 16.8 Å². The van der Waals surface area contributed by atoms with Gasteiger partial charge in [0.15, 0.2) is 0 Å². The van der Waals surface area contributed by atoms with Crippen LogP contribution in [-0.4, -0.2) is 4.98 Å². The van der Waals surface area contributed by atoms with Gasteiger partial charge in [-0.3, -0.25) is 0 Å². The molecule has 1 aromatic rings. The normalized spacial score (nSPS) is 8.70. The number of hydrogen-bond donors (Lipinski definition) is 0. The molecule has 2 heteroatoms. The standard InChI is InChI=1S/C8H10N.Rb/c1-6-4-5-9-8(3)7(6)2;/h5H,1-3H3;/q-1;+1. The Balaban J connectivity index is 0.000000810. The molecule has 0 spiro atoms. The zero-order valence-electron chi connectivity index (χ0n) is 7.02. The first kappa shape index (κ1) is 11.0. The molecule has 0 saturated heterocycles. The second-order valence-electron chi connectivity index (χ2n) is 2.24. The fourth-order valence-electron chi connectivity index (χ4n) is 0.702. The van der Waals surface area contributed by atoms with Gasteiger partial charge in [-0.15, -0.1) is 6.92 Å². The largest absolute Gasteiger partial charge is 1.00 e. The van der Waals surface area contributed by atoms with E-state index in [0.717, 1.165) is 5.69 Å². The molecule has 0 unspecified atom stereocenters. The van der Waals surface area contributed by atoms with Crippen LogP contribution in [0.5, 0.6) is 0 Å². The third kappa shape index (κ3) is 2.53. The molecule has 1 rings (SSSR count). The van der Waals surface area contributed by atoms with Crippen LogP contribution in [0.3, 0.4) is 0 Å². The summed E-state index contributed by atoms with van der Waals surface area (Å²) >= 11 is 0. The van der Waals surface area contributed by atoms with Crippen molar-refractivity contribution in [3.8, 4) is 0 Å². The number of rotatable bonds is 0. The summed E-state index contributed by atoms with van der Waals surface area (Å²) in [5.74, 6) is 0. The fraction of sp³-hybridized carbons (Fsp3) is 0.375. The van der Waals surface area contributed by atoms with Crippen molar-refractivity contribution in [3.05, 3.63) is 29.1 Å². The molecule has 0 N–H and O–H groups in total. The number of nitrogens with zero attached hydrogens (tertiary/aromatic N) is 1. The number of pyridine rings is 1. The molecule has 0 aliphatic carbocycles. The van der Waals surface area contributed by atoms with Crippen molar-refractivity contribution in [2.75, 3.05) is 0 Å². The van der Waals surface area contributed by atoms with Crippen LogP contribution in [0.2, 0.25) is 0 Å². The van der Waals surface area contributed by atoms with Gasteiger partial charge in [-0.1, -0.05) is 13.1 Å². The van der Waals surface area contributed by atoms with E-state index in [-0.39, 0.29) is 58.2 Å². The first-order valence-corrected chi connectivity index (χ1v) is 3.02. The molecule has 0 atom stereocenters. The first-order valence-electron chi connectivity index (χ1n) is 3.02. The molecule has 0 aromatic carbocycles. The van der Waals surface area contributed by atoms with E-state index in [4.69, 9.17) is 0 Å². The summed E-state index contributed by atoms with van der Waals surface area (Å²) in [6.45, 7) is 6.12. The van der Waals surface area contributed by atoms with Crippen LogP contribution >= 0.6 is 0 Å². The van der Waals surface area contributed by atoms with Gasteiger partial charge in [0.25, 0.3) is 0 Å². The maximum atomic E-state index is 4.08. The third-order valence-corrected chi connectivity index (χ3v) is 1.64. The van der Waals surface area contributed by atoms with Crippen molar-refractivity contribution < 1.29 is 58.2 Å². The predicted octanol–water partition coefficient (Wildman–Crippen LogP) is -1.19. The molecule has 0 aliphatic heterocycles. The zero-order valence-corrected chi connectivity index (χ0v) is 11.9. The van der Waals surface area contributed by atoms with Crippen LogP contribution < -0.4 is 58.2 Å². The van der Waals surface area contributed by atoms with Gasteiger partial charge in [0.05, 0.1) is 0 Å². The van der Waals surface area contributed by atoms with E-state index in [1.807, 2.05) is 13.8 Å². The van der Waals surface area contributed by atoms with E-state index in [1.54, 1.807) is 6.20 Å². The molecule has 1 heterocycles. The minimum atomic E-state index is 0. The summed E-state index contributed by atoms with van der Waals surface area (Å²) in [5, 5.41) is 0. The molecule has 10 heavy (non-hydrogen) atoms. The Kier molecular flexibility index (Phi) is 5.21. The van der Waals surface area contributed by atoms with Crippen LogP contribution in [0.25, 0.3) is 0 Å². The van der Waals surface area contributed by atoms with Crippen molar-refractivity contribution in [3.63, 3.8) is 0 Å². The number of aromatic nitrogens is 1. The zero-order chi connectivity index (χ0) is 6.85. The minimum absolute atomic E-state index is 0. The fourth-order valence-corrected chi connectivity index (χ4v) is 0.702. The topological polar surface area (TPSA) is 12.9 Å². The van der Waals surface area contributed by atoms with Crippen molar-refractivity contribution in [1.29, 1.82) is 0 Å². The van der Waals surface area contributed by atoms with Crippen molar-refractivity contribution >= 4 is 0 Å². The molecule has 1 nitrogen and oxygen atoms in total. The van der Waals surface area contributed by atoms with Gasteiger partial charge >= 0.3 is 58.2 Å². The molecule has 48 valence electrons. The number of hydrogen-bond acceptors (Lipinski definition) is 1. The monoisotopic (exact) mass is 205 g/mol. The molecule has 0 bridgehead atoms. The molecule has 0 radical (unpaired) electrons. The molecule has 1 aromatic heterocycles. The average molecular weight is 206 g/mol. The summed E-state index contributed by atoms with van der Waals surface area (Å²) < 4.78 is 0. The Bertz CT molecular complexity index is 200. The van der Waals surface area contributed by atoms with Gasteiger partial charge in [0.2, 0.25) is 0 Å². The van der Waals surface area contributed by atoms with Crippen molar-refractivity contribution in [2.24, 2.45) is 0 Å². The van der Waals surface area contributed by atoms with Gasteiger partial charge in [-0.25, -0.2) is 11.6 Å². The van der Waals surface area contributed by atoms with Crippen LogP contribution in [0.4, 0.5) is 0 Å². The van der Waals surface area contributed by atoms with E-state index >= 15 is 0 Å². The third-order valence-electron chi connectivity index (χ3n) is 1.64. The van der Waals surface area contributed by atoms with E-state index in [1.165, 1.54) is 11.1 Å². The number of aryl methyl sites for hydroxylation is 2. The summed E-state index contributed by atoms with van der Waals surface area (Å²) in [6, 6.07) is 3.03. The summed E-state index contributed by atoms with van der Waals surface area (Å²) in [6.07, 6.45) is 1.72. The molecule has 0 saturated carbocycles. The molecule has 0 fully saturated rings. The Labute approximate surface area is 111 Å². The van der Waals surface area contributed by atoms with E-state index < -0.39 is 0 Å². The van der Waals surface area contributed by atoms with Gasteiger partial charge < -0.3 is 4.98 Å². The second-order valence-corrected chi connectivity index (χ2v) is 2.24. The van der Waals surface area contributed by atoms with Gasteiger partial charge in [-0.05, 0) is 12.6 Å². The molecule has 0 amide bonds. The van der Waals surface area contributed by atoms with Crippen LogP contribution in [-0.2, 0) is 0 Å². The summed E-state index contributed by atoms with van der Waals surface area (Å²) in [5.41, 5.74) is 3.55. The van der Waals surface area contributed by atoms with Gasteiger partial charge in [-0.2, -0.15) is 5.56 Å². The van der Waals surface area contributed by atoms with Crippen LogP contribution in [0.15, 0.2) is 6.20 Å². The van der Waals surface area contributed by atoms with Gasteiger partial charge in [0, 0.05) is 0 Å². The molecular weight excluding hydrogens is 196 g/mol. The Hall–Kier alpha value is 0.955. The van der Waals surface area contributed by atoms with Gasteiger partial charge in [0.1, 0.15) is 0 Å². The Morgan fingerprint density at radius 1 is 1.30 bits per heavy atom. The molecular formula is C8H10NRb. The Morgan fingerprint density at radius 2 is 1.90 bits per heavy atom. The maximum absolute atomic E-state index is 4.08. The maximum Gasteiger partial charge on any atom is 1.00 e. The second kappa shape index (κ2) is 4.76. The SMILES string of the molecule is Cc1[c-]cnc(C)c1C.[Rb+]. The summed E-state index contributed by atoms with van der Waals surface area (Å²) in [4.78, 5) is 4.08. The van der Waals surface area contributed by atoms with Crippen molar-refractivity contribution in [2.45, 2.75) is 20.8 Å². The minimum Gasteiger partial charge on any atom is -0.301 e.